The minimum absolute atomic E-state index is 0.186. The summed E-state index contributed by atoms with van der Waals surface area (Å²) in [5, 5.41) is 10.6. The molecule has 0 amide bonds. The van der Waals surface area contributed by atoms with Crippen LogP contribution in [0.25, 0.3) is 0 Å². The van der Waals surface area contributed by atoms with Crippen LogP contribution in [0.3, 0.4) is 0 Å². The van der Waals surface area contributed by atoms with Crippen molar-refractivity contribution < 1.29 is 13.0 Å². The normalized spacial score (nSPS) is 11.6. The molecule has 0 unspecified atom stereocenters. The molecule has 0 atom stereocenters. The van der Waals surface area contributed by atoms with Crippen LogP contribution >= 0.6 is 22.4 Å². The zero-order valence-electron chi connectivity index (χ0n) is 33.8. The Morgan fingerprint density at radius 3 is 0.984 bits per heavy atom. The molecule has 0 bridgehead atoms. The van der Waals surface area contributed by atoms with Gasteiger partial charge in [-0.05, 0) is 72.4 Å². The van der Waals surface area contributed by atoms with Crippen LogP contribution in [-0.4, -0.2) is 13.0 Å². The lowest BCUT2D eigenvalue weighted by Crippen LogP contribution is -2.32. The molecule has 0 fully saturated rings. The van der Waals surface area contributed by atoms with Gasteiger partial charge in [0.2, 0.25) is 7.41 Å². The van der Waals surface area contributed by atoms with E-state index in [0.717, 1.165) is 15.9 Å². The summed E-state index contributed by atoms with van der Waals surface area (Å²) in [5.41, 5.74) is 0. The molecule has 0 spiro atoms. The number of rotatable bonds is 11. The van der Waals surface area contributed by atoms with Crippen molar-refractivity contribution in [2.75, 3.05) is 0 Å². The Kier molecular flexibility index (Phi) is 13.6. The molecule has 0 saturated heterocycles. The summed E-state index contributed by atoms with van der Waals surface area (Å²) in [4.78, 5) is -0.186. The van der Waals surface area contributed by atoms with Crippen molar-refractivity contribution in [1.82, 2.24) is 0 Å². The van der Waals surface area contributed by atoms with E-state index < -0.39 is 32.5 Å². The highest BCUT2D eigenvalue weighted by Crippen LogP contribution is 2.66. The van der Waals surface area contributed by atoms with E-state index in [4.69, 9.17) is 4.52 Å². The van der Waals surface area contributed by atoms with Crippen LogP contribution in [0.2, 0.25) is 0 Å². The van der Waals surface area contributed by atoms with Gasteiger partial charge in [-0.3, -0.25) is 0 Å². The molecule has 0 heterocycles. The standard InChI is InChI=1S/C36H30NP2.C18H15O3PS/c1-7-19-31(20-8-1)38(32-21-9-2-10-22-32,33-23-11-3-12-24-33)37-39(34-25-13-4-14-26-34,35-27-15-5-16-28-35)36-29-17-6-18-30-36;19-23(20,21)18-13-7-12-17(14-18)22(15-8-3-1-4-9-15)16-10-5-2-6-11-16/h1-30H;1-14H,(H,19,20,21)/q+1;/p-1. The largest absolute Gasteiger partial charge is 0.744 e. The Morgan fingerprint density at radius 1 is 0.371 bits per heavy atom. The third kappa shape index (κ3) is 9.25. The fraction of sp³-hybridized carbons (Fsp3) is 0. The highest BCUT2D eigenvalue weighted by atomic mass is 32.2. The molecule has 0 aliphatic heterocycles. The zero-order chi connectivity index (χ0) is 42.7. The molecule has 0 aliphatic rings. The smallest absolute Gasteiger partial charge is 0.228 e. The predicted molar refractivity (Wildman–Crippen MR) is 266 cm³/mol. The summed E-state index contributed by atoms with van der Waals surface area (Å²) in [6, 6.07) is 91.8. The van der Waals surface area contributed by atoms with Gasteiger partial charge in [-0.15, -0.1) is 4.52 Å². The second-order valence-corrected chi connectivity index (χ2v) is 24.3. The Balaban J connectivity index is 0.000000196. The van der Waals surface area contributed by atoms with E-state index in [9.17, 15) is 13.0 Å². The molecule has 0 aliphatic carbocycles. The Labute approximate surface area is 367 Å². The molecule has 0 N–H and O–H groups in total. The van der Waals surface area contributed by atoms with Gasteiger partial charge in [0.25, 0.3) is 0 Å². The fourth-order valence-electron chi connectivity index (χ4n) is 7.65. The molecule has 0 saturated carbocycles. The monoisotopic (exact) mass is 879 g/mol. The fourth-order valence-corrected chi connectivity index (χ4v) is 20.1. The summed E-state index contributed by atoms with van der Waals surface area (Å²) in [6.07, 6.45) is 0. The summed E-state index contributed by atoms with van der Waals surface area (Å²) in [6.45, 7) is 0. The van der Waals surface area contributed by atoms with Crippen LogP contribution in [0, 0.1) is 0 Å². The second-order valence-electron chi connectivity index (χ2n) is 14.3. The first kappa shape index (κ1) is 42.7. The van der Waals surface area contributed by atoms with Crippen LogP contribution in [0.15, 0.2) is 276 Å². The van der Waals surface area contributed by atoms with Gasteiger partial charge in [0.1, 0.15) is 33.1 Å². The summed E-state index contributed by atoms with van der Waals surface area (Å²) < 4.78 is 40.4. The van der Waals surface area contributed by atoms with Crippen molar-refractivity contribution in [3.8, 4) is 0 Å². The van der Waals surface area contributed by atoms with Gasteiger partial charge in [0, 0.05) is 15.9 Å². The number of hydrogen-bond donors (Lipinski definition) is 0. The Bertz CT molecular complexity index is 2730. The lowest BCUT2D eigenvalue weighted by atomic mass is 10.3. The molecule has 0 aromatic heterocycles. The van der Waals surface area contributed by atoms with Gasteiger partial charge >= 0.3 is 0 Å². The highest BCUT2D eigenvalue weighted by Gasteiger charge is 2.49. The summed E-state index contributed by atoms with van der Waals surface area (Å²) >= 11 is 0. The molecule has 9 rings (SSSR count). The van der Waals surface area contributed by atoms with E-state index in [0.29, 0.717) is 0 Å². The van der Waals surface area contributed by atoms with E-state index in [2.05, 4.69) is 182 Å². The first-order valence-corrected chi connectivity index (χ1v) is 26.5. The molecule has 9 aromatic rings. The van der Waals surface area contributed by atoms with E-state index in [-0.39, 0.29) is 4.90 Å². The summed E-state index contributed by atoms with van der Waals surface area (Å²) in [7, 11) is -10.4. The topological polar surface area (TPSA) is 69.6 Å². The molecule has 62 heavy (non-hydrogen) atoms. The van der Waals surface area contributed by atoms with E-state index in [1.165, 1.54) is 44.0 Å². The van der Waals surface area contributed by atoms with Crippen LogP contribution in [0.1, 0.15) is 0 Å². The van der Waals surface area contributed by atoms with Crippen LogP contribution in [-0.2, 0) is 10.1 Å². The molecule has 304 valence electrons. The lowest BCUT2D eigenvalue weighted by molar-refractivity contribution is 0.463. The minimum atomic E-state index is -4.46. The molecule has 4 nitrogen and oxygen atoms in total. The van der Waals surface area contributed by atoms with Gasteiger partial charge in [0.15, 0.2) is 0 Å². The second kappa shape index (κ2) is 19.8. The lowest BCUT2D eigenvalue weighted by Gasteiger charge is -2.31. The molecular weight excluding hydrogens is 836 g/mol. The number of hydrogen-bond acceptors (Lipinski definition) is 4. The quantitative estimate of drug-likeness (QED) is 0.0961. The van der Waals surface area contributed by atoms with Crippen LogP contribution in [0.4, 0.5) is 0 Å². The Hall–Kier alpha value is -6.02. The third-order valence-corrected chi connectivity index (χ3v) is 22.1. The first-order valence-electron chi connectivity index (χ1n) is 20.2. The predicted octanol–water partition coefficient (Wildman–Crippen LogP) is 9.42. The van der Waals surface area contributed by atoms with Crippen LogP contribution < -0.4 is 47.7 Å². The average molecular weight is 880 g/mol. The Morgan fingerprint density at radius 2 is 0.661 bits per heavy atom. The maximum atomic E-state index is 11.3. The van der Waals surface area contributed by atoms with Gasteiger partial charge in [0.05, 0.1) is 4.90 Å². The van der Waals surface area contributed by atoms with E-state index in [1.807, 2.05) is 66.7 Å². The van der Waals surface area contributed by atoms with Crippen molar-refractivity contribution in [3.05, 3.63) is 267 Å². The van der Waals surface area contributed by atoms with Gasteiger partial charge in [-0.1, -0.05) is 218 Å². The SMILES string of the molecule is O=S(=O)([O-])c1cccc(P(c2ccccc2)c2ccccc2)c1.c1ccc(P(=N[P+](c2ccccc2)(c2ccccc2)c2ccccc2)(c2ccccc2)c2ccccc2)cc1. The van der Waals surface area contributed by atoms with Crippen molar-refractivity contribution >= 4 is 80.2 Å². The number of benzene rings is 9. The van der Waals surface area contributed by atoms with Gasteiger partial charge in [-0.25, -0.2) is 8.42 Å². The molecule has 9 aromatic carbocycles. The van der Waals surface area contributed by atoms with Crippen molar-refractivity contribution in [2.45, 2.75) is 4.90 Å². The minimum Gasteiger partial charge on any atom is -0.744 e. The van der Waals surface area contributed by atoms with Crippen molar-refractivity contribution in [2.24, 2.45) is 4.52 Å². The van der Waals surface area contributed by atoms with Gasteiger partial charge < -0.3 is 4.55 Å². The van der Waals surface area contributed by atoms with Crippen LogP contribution in [0.5, 0.6) is 0 Å². The third-order valence-electron chi connectivity index (χ3n) is 10.4. The average Bonchev–Trinajstić information content (AvgIpc) is 3.35. The van der Waals surface area contributed by atoms with E-state index >= 15 is 0 Å². The number of nitrogens with zero attached hydrogens (tertiary/aromatic N) is 1. The maximum absolute atomic E-state index is 11.3. The molecule has 8 heteroatoms. The van der Waals surface area contributed by atoms with Crippen molar-refractivity contribution in [1.29, 1.82) is 0 Å². The first-order chi connectivity index (χ1) is 30.4. The summed E-state index contributed by atoms with van der Waals surface area (Å²) in [5.74, 6) is 0. The highest BCUT2D eigenvalue weighted by molar-refractivity contribution is 8.01. The van der Waals surface area contributed by atoms with Crippen molar-refractivity contribution in [3.63, 3.8) is 0 Å². The van der Waals surface area contributed by atoms with Gasteiger partial charge in [-0.2, -0.15) is 0 Å². The molecular formula is C54H44NO3P3S. The molecule has 0 radical (unpaired) electrons. The maximum Gasteiger partial charge on any atom is 0.228 e. The van der Waals surface area contributed by atoms with E-state index in [1.54, 1.807) is 6.07 Å². The zero-order valence-corrected chi connectivity index (χ0v) is 37.3.